The van der Waals surface area contributed by atoms with Crippen molar-refractivity contribution in [2.75, 3.05) is 25.0 Å². The van der Waals surface area contributed by atoms with E-state index in [1.54, 1.807) is 24.3 Å². The zero-order chi connectivity index (χ0) is 21.3. The van der Waals surface area contributed by atoms with Crippen LogP contribution < -0.4 is 10.1 Å². The Morgan fingerprint density at radius 1 is 0.967 bits per heavy atom. The molecule has 5 heteroatoms. The van der Waals surface area contributed by atoms with Crippen LogP contribution in [0.15, 0.2) is 48.5 Å². The number of para-hydroxylation sites is 1. The van der Waals surface area contributed by atoms with Crippen LogP contribution in [-0.2, 0) is 0 Å². The number of benzene rings is 2. The van der Waals surface area contributed by atoms with Crippen molar-refractivity contribution in [2.24, 2.45) is 5.92 Å². The molecule has 160 valence electrons. The summed E-state index contributed by atoms with van der Waals surface area (Å²) in [6, 6.07) is 14.4. The lowest BCUT2D eigenvalue weighted by atomic mass is 10.1. The number of carbonyl (C=O) groups excluding carboxylic acids is 2. The average molecular weight is 409 g/mol. The molecule has 0 aromatic heterocycles. The van der Waals surface area contributed by atoms with Gasteiger partial charge in [0.1, 0.15) is 5.75 Å². The van der Waals surface area contributed by atoms with Gasteiger partial charge in [0.2, 0.25) is 0 Å². The zero-order valence-electron chi connectivity index (χ0n) is 18.0. The minimum absolute atomic E-state index is 0.0123. The van der Waals surface area contributed by atoms with Crippen LogP contribution in [0.5, 0.6) is 5.75 Å². The van der Waals surface area contributed by atoms with Gasteiger partial charge in [0.05, 0.1) is 17.9 Å². The van der Waals surface area contributed by atoms with Gasteiger partial charge in [-0.2, -0.15) is 0 Å². The lowest BCUT2D eigenvalue weighted by molar-refractivity contribution is 0.0762. The van der Waals surface area contributed by atoms with Crippen molar-refractivity contribution < 1.29 is 14.3 Å². The number of likely N-dealkylation sites (tertiary alicyclic amines) is 1. The van der Waals surface area contributed by atoms with E-state index >= 15 is 0 Å². The number of nitrogens with zero attached hydrogens (tertiary/aromatic N) is 1. The highest BCUT2D eigenvalue weighted by atomic mass is 16.5. The van der Waals surface area contributed by atoms with Gasteiger partial charge in [0.15, 0.2) is 0 Å². The monoisotopic (exact) mass is 408 g/mol. The van der Waals surface area contributed by atoms with Crippen molar-refractivity contribution in [3.05, 3.63) is 59.7 Å². The fraction of sp³-hybridized carbons (Fsp3) is 0.440. The molecule has 1 fully saturated rings. The van der Waals surface area contributed by atoms with Gasteiger partial charge in [-0.25, -0.2) is 0 Å². The molecule has 0 unspecified atom stereocenters. The molecule has 0 spiro atoms. The predicted molar refractivity (Wildman–Crippen MR) is 120 cm³/mol. The second-order valence-electron chi connectivity index (χ2n) is 8.26. The number of anilines is 1. The van der Waals surface area contributed by atoms with Gasteiger partial charge in [0.25, 0.3) is 11.8 Å². The molecule has 2 aromatic rings. The van der Waals surface area contributed by atoms with Gasteiger partial charge >= 0.3 is 0 Å². The molecule has 3 rings (SSSR count). The first-order valence-corrected chi connectivity index (χ1v) is 11.0. The molecule has 30 heavy (non-hydrogen) atoms. The van der Waals surface area contributed by atoms with Gasteiger partial charge in [-0.05, 0) is 61.6 Å². The number of hydrogen-bond acceptors (Lipinski definition) is 3. The molecule has 0 atom stereocenters. The summed E-state index contributed by atoms with van der Waals surface area (Å²) in [5, 5.41) is 2.91. The van der Waals surface area contributed by atoms with Gasteiger partial charge in [-0.15, -0.1) is 0 Å². The molecule has 2 aromatic carbocycles. The first kappa shape index (κ1) is 21.9. The Morgan fingerprint density at radius 3 is 2.30 bits per heavy atom. The number of nitrogens with one attached hydrogen (secondary N) is 1. The molecule has 1 heterocycles. The molecule has 0 radical (unpaired) electrons. The summed E-state index contributed by atoms with van der Waals surface area (Å²) in [5.74, 6) is 1.10. The number of ether oxygens (including phenoxy) is 1. The van der Waals surface area contributed by atoms with Crippen molar-refractivity contribution in [1.82, 2.24) is 4.90 Å². The number of carbonyl (C=O) groups is 2. The minimum atomic E-state index is -0.236. The predicted octanol–water partition coefficient (Wildman–Crippen LogP) is 5.38. The van der Waals surface area contributed by atoms with E-state index in [1.165, 1.54) is 12.8 Å². The first-order chi connectivity index (χ1) is 14.5. The third kappa shape index (κ3) is 6.09. The molecule has 1 saturated heterocycles. The quantitative estimate of drug-likeness (QED) is 0.669. The second-order valence-corrected chi connectivity index (χ2v) is 8.26. The van der Waals surface area contributed by atoms with Crippen LogP contribution >= 0.6 is 0 Å². The Bertz CT molecular complexity index is 838. The topological polar surface area (TPSA) is 58.6 Å². The molecule has 0 aliphatic carbocycles. The van der Waals surface area contributed by atoms with E-state index < -0.39 is 0 Å². The van der Waals surface area contributed by atoms with Crippen molar-refractivity contribution in [2.45, 2.75) is 46.0 Å². The fourth-order valence-corrected chi connectivity index (χ4v) is 3.53. The molecule has 5 nitrogen and oxygen atoms in total. The van der Waals surface area contributed by atoms with Crippen LogP contribution in [0.4, 0.5) is 5.69 Å². The van der Waals surface area contributed by atoms with E-state index in [1.807, 2.05) is 29.2 Å². The van der Waals surface area contributed by atoms with Gasteiger partial charge in [-0.1, -0.05) is 38.8 Å². The van der Waals surface area contributed by atoms with Crippen LogP contribution in [0.1, 0.15) is 66.7 Å². The maximum Gasteiger partial charge on any atom is 0.255 e. The fourth-order valence-electron chi connectivity index (χ4n) is 3.53. The van der Waals surface area contributed by atoms with Crippen LogP contribution in [-0.4, -0.2) is 36.4 Å². The summed E-state index contributed by atoms with van der Waals surface area (Å²) >= 11 is 0. The Morgan fingerprint density at radius 2 is 1.63 bits per heavy atom. The van der Waals surface area contributed by atoms with Gasteiger partial charge in [0, 0.05) is 18.7 Å². The van der Waals surface area contributed by atoms with Crippen molar-refractivity contribution in [3.63, 3.8) is 0 Å². The first-order valence-electron chi connectivity index (χ1n) is 11.0. The summed E-state index contributed by atoms with van der Waals surface area (Å²) < 4.78 is 5.72. The maximum atomic E-state index is 13.0. The van der Waals surface area contributed by atoms with E-state index in [-0.39, 0.29) is 11.8 Å². The average Bonchev–Trinajstić information content (AvgIpc) is 3.03. The Hall–Kier alpha value is -2.82. The standard InChI is InChI=1S/C25H32N2O3/c1-19(2)15-18-30-21-13-11-20(12-14-21)24(28)26-23-10-6-5-9-22(23)25(29)27-16-7-3-4-8-17-27/h5-6,9-14,19H,3-4,7-8,15-18H2,1-2H3,(H,26,28). The normalized spacial score (nSPS) is 14.3. The minimum Gasteiger partial charge on any atom is -0.494 e. The number of rotatable bonds is 7. The SMILES string of the molecule is CC(C)CCOc1ccc(C(=O)Nc2ccccc2C(=O)N2CCCCCC2)cc1. The summed E-state index contributed by atoms with van der Waals surface area (Å²) in [6.45, 7) is 6.53. The highest BCUT2D eigenvalue weighted by Gasteiger charge is 2.20. The Labute approximate surface area is 179 Å². The van der Waals surface area contributed by atoms with Crippen molar-refractivity contribution >= 4 is 17.5 Å². The summed E-state index contributed by atoms with van der Waals surface area (Å²) in [4.78, 5) is 27.7. The second kappa shape index (κ2) is 10.8. The summed E-state index contributed by atoms with van der Waals surface area (Å²) in [6.07, 6.45) is 5.39. The molecule has 1 N–H and O–H groups in total. The molecule has 0 bridgehead atoms. The Kier molecular flexibility index (Phi) is 7.89. The van der Waals surface area contributed by atoms with E-state index in [4.69, 9.17) is 4.74 Å². The van der Waals surface area contributed by atoms with E-state index in [2.05, 4.69) is 19.2 Å². The molecule has 1 aliphatic heterocycles. The lowest BCUT2D eigenvalue weighted by Gasteiger charge is -2.22. The summed E-state index contributed by atoms with van der Waals surface area (Å²) in [7, 11) is 0. The van der Waals surface area contributed by atoms with E-state index in [0.29, 0.717) is 29.3 Å². The number of hydrogen-bond donors (Lipinski definition) is 1. The third-order valence-electron chi connectivity index (χ3n) is 5.38. The highest BCUT2D eigenvalue weighted by Crippen LogP contribution is 2.21. The van der Waals surface area contributed by atoms with Crippen LogP contribution in [0.25, 0.3) is 0 Å². The van der Waals surface area contributed by atoms with Crippen LogP contribution in [0, 0.1) is 5.92 Å². The van der Waals surface area contributed by atoms with Crippen LogP contribution in [0.2, 0.25) is 0 Å². The lowest BCUT2D eigenvalue weighted by Crippen LogP contribution is -2.32. The zero-order valence-corrected chi connectivity index (χ0v) is 18.0. The van der Waals surface area contributed by atoms with Gasteiger partial charge < -0.3 is 15.0 Å². The van der Waals surface area contributed by atoms with E-state index in [0.717, 1.165) is 38.1 Å². The molecule has 2 amide bonds. The van der Waals surface area contributed by atoms with E-state index in [9.17, 15) is 9.59 Å². The highest BCUT2D eigenvalue weighted by molar-refractivity contribution is 6.09. The summed E-state index contributed by atoms with van der Waals surface area (Å²) in [5.41, 5.74) is 1.62. The van der Waals surface area contributed by atoms with Crippen LogP contribution in [0.3, 0.4) is 0 Å². The molecular weight excluding hydrogens is 376 g/mol. The van der Waals surface area contributed by atoms with Crippen molar-refractivity contribution in [1.29, 1.82) is 0 Å². The maximum absolute atomic E-state index is 13.0. The molecular formula is C25H32N2O3. The molecule has 1 aliphatic rings. The van der Waals surface area contributed by atoms with Gasteiger partial charge in [-0.3, -0.25) is 9.59 Å². The molecule has 0 saturated carbocycles. The smallest absolute Gasteiger partial charge is 0.255 e. The Balaban J connectivity index is 1.66. The number of amides is 2. The largest absolute Gasteiger partial charge is 0.494 e. The van der Waals surface area contributed by atoms with Crippen molar-refractivity contribution in [3.8, 4) is 5.75 Å². The third-order valence-corrected chi connectivity index (χ3v) is 5.38.